The Balaban J connectivity index is 1.51. The maximum Gasteiger partial charge on any atom is 0.205 e. The molecule has 0 amide bonds. The fourth-order valence-electron chi connectivity index (χ4n) is 4.15. The molecule has 0 bridgehead atoms. The SMILES string of the molecule is [O]c1ccncc1N1C(Oc2ccccc2)CC(Oc2ccccc2)CC1Oc1ccccc1. The third-order valence-corrected chi connectivity index (χ3v) is 5.67. The molecule has 171 valence electrons. The van der Waals surface area contributed by atoms with E-state index in [0.717, 1.165) is 5.75 Å². The Bertz CT molecular complexity index is 1120. The maximum atomic E-state index is 12.9. The molecule has 2 heterocycles. The van der Waals surface area contributed by atoms with Gasteiger partial charge in [0.1, 0.15) is 29.0 Å². The minimum atomic E-state index is -0.504. The van der Waals surface area contributed by atoms with Gasteiger partial charge in [-0.25, -0.2) is 0 Å². The molecule has 2 atom stereocenters. The molecular weight excluding hydrogens is 428 g/mol. The fraction of sp³-hybridized carbons (Fsp3) is 0.179. The van der Waals surface area contributed by atoms with Gasteiger partial charge in [0.2, 0.25) is 5.75 Å². The Kier molecular flexibility index (Phi) is 6.47. The molecule has 5 rings (SSSR count). The van der Waals surface area contributed by atoms with Crippen LogP contribution in [0, 0.1) is 0 Å². The minimum Gasteiger partial charge on any atom is -0.490 e. The van der Waals surface area contributed by atoms with Crippen LogP contribution in [0.5, 0.6) is 23.0 Å². The summed E-state index contributed by atoms with van der Waals surface area (Å²) in [5.41, 5.74) is 0.433. The number of hydrogen-bond donors (Lipinski definition) is 0. The number of hydrogen-bond acceptors (Lipinski definition) is 5. The lowest BCUT2D eigenvalue weighted by molar-refractivity contribution is 0.00691. The van der Waals surface area contributed by atoms with Crippen LogP contribution in [-0.2, 0) is 5.11 Å². The van der Waals surface area contributed by atoms with E-state index < -0.39 is 12.5 Å². The van der Waals surface area contributed by atoms with Crippen molar-refractivity contribution in [3.63, 3.8) is 0 Å². The first-order valence-corrected chi connectivity index (χ1v) is 11.3. The summed E-state index contributed by atoms with van der Waals surface area (Å²) in [7, 11) is 0. The molecule has 1 aliphatic heterocycles. The lowest BCUT2D eigenvalue weighted by Crippen LogP contribution is -2.57. The van der Waals surface area contributed by atoms with Gasteiger partial charge in [0, 0.05) is 25.1 Å². The molecule has 0 N–H and O–H groups in total. The van der Waals surface area contributed by atoms with Gasteiger partial charge in [0.15, 0.2) is 12.5 Å². The molecule has 6 nitrogen and oxygen atoms in total. The van der Waals surface area contributed by atoms with Crippen LogP contribution < -0.4 is 19.1 Å². The standard InChI is InChI=1S/C28H25N2O4/c31-26-16-17-29-20-25(26)30-27(33-22-12-6-2-7-13-22)18-24(32-21-10-4-1-5-11-21)19-28(30)34-23-14-8-3-9-15-23/h1-17,20,24,27-28H,18-19H2. The molecule has 1 fully saturated rings. The molecule has 1 saturated heterocycles. The lowest BCUT2D eigenvalue weighted by Gasteiger charge is -2.45. The number of para-hydroxylation sites is 3. The second-order valence-electron chi connectivity index (χ2n) is 8.05. The topological polar surface area (TPSA) is 63.7 Å². The number of ether oxygens (including phenoxy) is 3. The monoisotopic (exact) mass is 453 g/mol. The number of aromatic nitrogens is 1. The van der Waals surface area contributed by atoms with Crippen LogP contribution in [0.3, 0.4) is 0 Å². The zero-order chi connectivity index (χ0) is 23.2. The number of anilines is 1. The second kappa shape index (κ2) is 10.2. The van der Waals surface area contributed by atoms with Gasteiger partial charge in [0.05, 0.1) is 6.20 Å². The summed E-state index contributed by atoms with van der Waals surface area (Å²) >= 11 is 0. The third kappa shape index (κ3) is 5.07. The lowest BCUT2D eigenvalue weighted by atomic mass is 10.0. The molecule has 4 aromatic rings. The molecule has 0 spiro atoms. The van der Waals surface area contributed by atoms with E-state index in [1.165, 1.54) is 12.3 Å². The van der Waals surface area contributed by atoms with Gasteiger partial charge < -0.3 is 14.2 Å². The van der Waals surface area contributed by atoms with Crippen LogP contribution in [0.2, 0.25) is 0 Å². The van der Waals surface area contributed by atoms with Crippen LogP contribution in [0.25, 0.3) is 0 Å². The summed E-state index contributed by atoms with van der Waals surface area (Å²) in [4.78, 5) is 6.10. The predicted molar refractivity (Wildman–Crippen MR) is 129 cm³/mol. The van der Waals surface area contributed by atoms with Crippen molar-refractivity contribution in [3.05, 3.63) is 109 Å². The van der Waals surface area contributed by atoms with E-state index in [1.807, 2.05) is 95.9 Å². The minimum absolute atomic E-state index is 0.138. The molecule has 1 aromatic heterocycles. The average Bonchev–Trinajstić information content (AvgIpc) is 2.87. The largest absolute Gasteiger partial charge is 0.490 e. The molecule has 1 aliphatic rings. The van der Waals surface area contributed by atoms with Gasteiger partial charge in [-0.3, -0.25) is 15.0 Å². The van der Waals surface area contributed by atoms with Gasteiger partial charge >= 0.3 is 0 Å². The Morgan fingerprint density at radius 2 is 1.12 bits per heavy atom. The molecule has 2 unspecified atom stereocenters. The van der Waals surface area contributed by atoms with Gasteiger partial charge in [-0.05, 0) is 36.4 Å². The van der Waals surface area contributed by atoms with E-state index in [-0.39, 0.29) is 11.9 Å². The van der Waals surface area contributed by atoms with Crippen molar-refractivity contribution in [2.45, 2.75) is 31.4 Å². The van der Waals surface area contributed by atoms with Gasteiger partial charge in [-0.2, -0.15) is 0 Å². The number of rotatable bonds is 7. The zero-order valence-electron chi connectivity index (χ0n) is 18.6. The van der Waals surface area contributed by atoms with E-state index >= 15 is 0 Å². The summed E-state index contributed by atoms with van der Waals surface area (Å²) in [5, 5.41) is 12.9. The number of benzene rings is 3. The molecule has 3 aromatic carbocycles. The van der Waals surface area contributed by atoms with Crippen molar-refractivity contribution >= 4 is 5.69 Å². The quantitative estimate of drug-likeness (QED) is 0.339. The van der Waals surface area contributed by atoms with Crippen molar-refractivity contribution in [3.8, 4) is 23.0 Å². The van der Waals surface area contributed by atoms with Crippen LogP contribution >= 0.6 is 0 Å². The Hall–Kier alpha value is -4.19. The first-order chi connectivity index (χ1) is 16.8. The highest BCUT2D eigenvalue weighted by Crippen LogP contribution is 2.38. The zero-order valence-corrected chi connectivity index (χ0v) is 18.6. The molecule has 34 heavy (non-hydrogen) atoms. The van der Waals surface area contributed by atoms with E-state index in [9.17, 15) is 5.11 Å². The summed E-state index contributed by atoms with van der Waals surface area (Å²) in [6, 6.07) is 30.3. The number of nitrogens with zero attached hydrogens (tertiary/aromatic N) is 2. The van der Waals surface area contributed by atoms with Crippen molar-refractivity contribution in [2.75, 3.05) is 4.90 Å². The van der Waals surface area contributed by atoms with E-state index in [2.05, 4.69) is 4.98 Å². The first kappa shape index (κ1) is 21.6. The molecular formula is C28H25N2O4. The average molecular weight is 454 g/mol. The highest BCUT2D eigenvalue weighted by Gasteiger charge is 2.41. The van der Waals surface area contributed by atoms with E-state index in [4.69, 9.17) is 14.2 Å². The Morgan fingerprint density at radius 1 is 0.647 bits per heavy atom. The molecule has 0 aliphatic carbocycles. The Labute approximate surface area is 199 Å². The van der Waals surface area contributed by atoms with E-state index in [1.54, 1.807) is 6.20 Å². The van der Waals surface area contributed by atoms with Crippen LogP contribution in [0.15, 0.2) is 109 Å². The number of piperidine rings is 1. The molecule has 0 saturated carbocycles. The van der Waals surface area contributed by atoms with Crippen molar-refractivity contribution in [1.82, 2.24) is 4.98 Å². The van der Waals surface area contributed by atoms with Gasteiger partial charge in [0.25, 0.3) is 0 Å². The molecule has 1 radical (unpaired) electrons. The van der Waals surface area contributed by atoms with Crippen LogP contribution in [0.4, 0.5) is 5.69 Å². The summed E-state index contributed by atoms with van der Waals surface area (Å²) in [5.74, 6) is 2.05. The van der Waals surface area contributed by atoms with Crippen molar-refractivity contribution < 1.29 is 19.3 Å². The van der Waals surface area contributed by atoms with Crippen molar-refractivity contribution in [1.29, 1.82) is 0 Å². The predicted octanol–water partition coefficient (Wildman–Crippen LogP) is 6.08. The van der Waals surface area contributed by atoms with Crippen LogP contribution in [0.1, 0.15) is 12.8 Å². The van der Waals surface area contributed by atoms with Gasteiger partial charge in [-0.1, -0.05) is 54.6 Å². The van der Waals surface area contributed by atoms with Gasteiger partial charge in [-0.15, -0.1) is 0 Å². The van der Waals surface area contributed by atoms with Crippen molar-refractivity contribution in [2.24, 2.45) is 0 Å². The maximum absolute atomic E-state index is 12.9. The second-order valence-corrected chi connectivity index (χ2v) is 8.05. The smallest absolute Gasteiger partial charge is 0.205 e. The summed E-state index contributed by atoms with van der Waals surface area (Å²) in [6.07, 6.45) is 2.94. The summed E-state index contributed by atoms with van der Waals surface area (Å²) < 4.78 is 19.2. The fourth-order valence-corrected chi connectivity index (χ4v) is 4.15. The third-order valence-electron chi connectivity index (χ3n) is 5.67. The normalized spacial score (nSPS) is 19.9. The summed E-state index contributed by atoms with van der Waals surface area (Å²) in [6.45, 7) is 0. The first-order valence-electron chi connectivity index (χ1n) is 11.3. The molecule has 6 heteroatoms. The van der Waals surface area contributed by atoms with Crippen LogP contribution in [-0.4, -0.2) is 23.5 Å². The van der Waals surface area contributed by atoms with E-state index in [0.29, 0.717) is 30.0 Å². The highest BCUT2D eigenvalue weighted by atomic mass is 16.5. The Morgan fingerprint density at radius 3 is 1.59 bits per heavy atom. The highest BCUT2D eigenvalue weighted by molar-refractivity contribution is 5.57. The number of pyridine rings is 1.